The van der Waals surface area contributed by atoms with Crippen molar-refractivity contribution >= 4 is 35.3 Å². The fraction of sp³-hybridized carbons (Fsp3) is 0.214. The number of anilines is 2. The van der Waals surface area contributed by atoms with E-state index in [1.807, 2.05) is 30.3 Å². The number of para-hydroxylation sites is 2. The predicted octanol–water partition coefficient (Wildman–Crippen LogP) is 4.46. The molecule has 3 aromatic carbocycles. The zero-order valence-corrected chi connectivity index (χ0v) is 20.3. The second-order valence-corrected chi connectivity index (χ2v) is 8.46. The van der Waals surface area contributed by atoms with E-state index in [1.54, 1.807) is 36.1 Å². The molecule has 1 heterocycles. The van der Waals surface area contributed by atoms with Crippen LogP contribution in [0.4, 0.5) is 16.2 Å². The quantitative estimate of drug-likeness (QED) is 0.348. The van der Waals surface area contributed by atoms with E-state index in [0.717, 1.165) is 5.56 Å². The fourth-order valence-corrected chi connectivity index (χ4v) is 3.95. The number of ether oxygens (including phenoxy) is 2. The van der Waals surface area contributed by atoms with Crippen LogP contribution in [0.5, 0.6) is 5.75 Å². The molecule has 9 nitrogen and oxygen atoms in total. The Morgan fingerprint density at radius 3 is 2.22 bits per heavy atom. The van der Waals surface area contributed by atoms with Gasteiger partial charge in [0.25, 0.3) is 5.91 Å². The van der Waals surface area contributed by atoms with Gasteiger partial charge >= 0.3 is 6.16 Å². The van der Waals surface area contributed by atoms with Crippen LogP contribution >= 0.6 is 0 Å². The van der Waals surface area contributed by atoms with Crippen LogP contribution in [0.2, 0.25) is 0 Å². The van der Waals surface area contributed by atoms with Gasteiger partial charge < -0.3 is 25.0 Å². The maximum Gasteiger partial charge on any atom is 0.513 e. The maximum atomic E-state index is 13.0. The summed E-state index contributed by atoms with van der Waals surface area (Å²) < 4.78 is 9.73. The van der Waals surface area contributed by atoms with Crippen molar-refractivity contribution in [3.8, 4) is 5.75 Å². The van der Waals surface area contributed by atoms with Gasteiger partial charge in [-0.2, -0.15) is 0 Å². The van der Waals surface area contributed by atoms with Gasteiger partial charge in [0.05, 0.1) is 23.9 Å². The minimum Gasteiger partial charge on any atom is -0.434 e. The summed E-state index contributed by atoms with van der Waals surface area (Å²) in [7, 11) is 0. The highest BCUT2D eigenvalue weighted by atomic mass is 16.7. The molecule has 0 radical (unpaired) electrons. The molecule has 1 saturated heterocycles. The number of nitrogens with zero attached hydrogens (tertiary/aromatic N) is 1. The number of hydrogen-bond acceptors (Lipinski definition) is 6. The lowest BCUT2D eigenvalue weighted by Crippen LogP contribution is -2.28. The van der Waals surface area contributed by atoms with E-state index in [-0.39, 0.29) is 30.6 Å². The van der Waals surface area contributed by atoms with Crippen LogP contribution in [0.1, 0.15) is 29.3 Å². The molecule has 1 atom stereocenters. The first-order chi connectivity index (χ1) is 17.9. The lowest BCUT2D eigenvalue weighted by atomic mass is 10.1. The molecule has 190 valence electrons. The highest BCUT2D eigenvalue weighted by Gasteiger charge is 2.34. The van der Waals surface area contributed by atoms with E-state index in [9.17, 15) is 19.2 Å². The topological polar surface area (TPSA) is 114 Å². The SMILES string of the molecule is CCOC(=O)Oc1ccc(C(=O)Nc2ccccc2NC(=O)C2CC(=O)N(Cc3ccccc3)C2)cc1. The Kier molecular flexibility index (Phi) is 8.15. The number of hydrogen-bond donors (Lipinski definition) is 2. The molecular formula is C28H27N3O6. The lowest BCUT2D eigenvalue weighted by Gasteiger charge is -2.17. The number of carbonyl (C=O) groups excluding carboxylic acids is 4. The Balaban J connectivity index is 1.37. The summed E-state index contributed by atoms with van der Waals surface area (Å²) >= 11 is 0. The molecular weight excluding hydrogens is 474 g/mol. The Hall–Kier alpha value is -4.66. The van der Waals surface area contributed by atoms with Gasteiger partial charge in [0.1, 0.15) is 5.75 Å². The summed E-state index contributed by atoms with van der Waals surface area (Å²) in [6.45, 7) is 2.65. The summed E-state index contributed by atoms with van der Waals surface area (Å²) in [6, 6.07) is 22.5. The molecule has 9 heteroatoms. The van der Waals surface area contributed by atoms with Crippen molar-refractivity contribution in [2.75, 3.05) is 23.8 Å². The van der Waals surface area contributed by atoms with Crippen molar-refractivity contribution < 1.29 is 28.7 Å². The van der Waals surface area contributed by atoms with Crippen LogP contribution in [0.25, 0.3) is 0 Å². The van der Waals surface area contributed by atoms with E-state index in [4.69, 9.17) is 9.47 Å². The van der Waals surface area contributed by atoms with E-state index in [2.05, 4.69) is 10.6 Å². The standard InChI is InChI=1S/C28H27N3O6/c1-2-36-28(35)37-22-14-12-20(13-15-22)26(33)29-23-10-6-7-11-24(23)30-27(34)21-16-25(32)31(18-21)17-19-8-4-3-5-9-19/h3-15,21H,2,16-18H2,1H3,(H,29,33)(H,30,34). The summed E-state index contributed by atoms with van der Waals surface area (Å²) in [5.41, 5.74) is 2.18. The van der Waals surface area contributed by atoms with Crippen LogP contribution < -0.4 is 15.4 Å². The van der Waals surface area contributed by atoms with Gasteiger partial charge in [0, 0.05) is 25.1 Å². The molecule has 1 fully saturated rings. The van der Waals surface area contributed by atoms with E-state index in [1.165, 1.54) is 24.3 Å². The number of benzene rings is 3. The summed E-state index contributed by atoms with van der Waals surface area (Å²) in [4.78, 5) is 51.4. The van der Waals surface area contributed by atoms with Crippen LogP contribution in [0, 0.1) is 5.92 Å². The van der Waals surface area contributed by atoms with Crippen LogP contribution in [-0.2, 0) is 20.9 Å². The molecule has 0 aromatic heterocycles. The van der Waals surface area contributed by atoms with Crippen molar-refractivity contribution in [2.45, 2.75) is 19.9 Å². The second-order valence-electron chi connectivity index (χ2n) is 8.46. The van der Waals surface area contributed by atoms with Gasteiger partial charge in [-0.1, -0.05) is 42.5 Å². The van der Waals surface area contributed by atoms with Crippen molar-refractivity contribution in [3.05, 3.63) is 90.0 Å². The van der Waals surface area contributed by atoms with E-state index >= 15 is 0 Å². The molecule has 1 unspecified atom stereocenters. The van der Waals surface area contributed by atoms with Crippen LogP contribution in [-0.4, -0.2) is 41.9 Å². The molecule has 3 aromatic rings. The van der Waals surface area contributed by atoms with Gasteiger partial charge in [0.2, 0.25) is 11.8 Å². The first kappa shape index (κ1) is 25.4. The lowest BCUT2D eigenvalue weighted by molar-refractivity contribution is -0.128. The Morgan fingerprint density at radius 2 is 1.54 bits per heavy atom. The Morgan fingerprint density at radius 1 is 0.892 bits per heavy atom. The van der Waals surface area contributed by atoms with Gasteiger partial charge in [-0.25, -0.2) is 4.79 Å². The molecule has 2 N–H and O–H groups in total. The summed E-state index contributed by atoms with van der Waals surface area (Å²) in [5.74, 6) is -1.01. The van der Waals surface area contributed by atoms with Gasteiger partial charge in [-0.15, -0.1) is 0 Å². The zero-order chi connectivity index (χ0) is 26.2. The molecule has 1 aliphatic rings. The monoisotopic (exact) mass is 501 g/mol. The first-order valence-electron chi connectivity index (χ1n) is 11.9. The smallest absolute Gasteiger partial charge is 0.434 e. The number of likely N-dealkylation sites (tertiary alicyclic amines) is 1. The molecule has 0 saturated carbocycles. The molecule has 0 spiro atoms. The van der Waals surface area contributed by atoms with E-state index < -0.39 is 18.0 Å². The molecule has 1 aliphatic heterocycles. The van der Waals surface area contributed by atoms with Crippen LogP contribution in [0.15, 0.2) is 78.9 Å². The number of nitrogens with one attached hydrogen (secondary N) is 2. The highest BCUT2D eigenvalue weighted by Crippen LogP contribution is 2.26. The van der Waals surface area contributed by atoms with Crippen LogP contribution in [0.3, 0.4) is 0 Å². The summed E-state index contributed by atoms with van der Waals surface area (Å²) in [5, 5.41) is 5.64. The zero-order valence-electron chi connectivity index (χ0n) is 20.3. The minimum absolute atomic E-state index is 0.0685. The molecule has 0 aliphatic carbocycles. The largest absolute Gasteiger partial charge is 0.513 e. The highest BCUT2D eigenvalue weighted by molar-refractivity contribution is 6.07. The summed E-state index contributed by atoms with van der Waals surface area (Å²) in [6.07, 6.45) is -0.690. The third-order valence-electron chi connectivity index (χ3n) is 5.81. The van der Waals surface area contributed by atoms with Gasteiger partial charge in [-0.05, 0) is 48.9 Å². The number of amides is 3. The normalized spacial score (nSPS) is 14.7. The fourth-order valence-electron chi connectivity index (χ4n) is 3.95. The minimum atomic E-state index is -0.823. The predicted molar refractivity (Wildman–Crippen MR) is 137 cm³/mol. The maximum absolute atomic E-state index is 13.0. The molecule has 37 heavy (non-hydrogen) atoms. The number of rotatable bonds is 8. The van der Waals surface area contributed by atoms with Crippen molar-refractivity contribution in [1.29, 1.82) is 0 Å². The van der Waals surface area contributed by atoms with Gasteiger partial charge in [-0.3, -0.25) is 14.4 Å². The molecule has 0 bridgehead atoms. The Labute approximate surface area is 214 Å². The third-order valence-corrected chi connectivity index (χ3v) is 5.81. The Bertz CT molecular complexity index is 1280. The molecule has 3 amide bonds. The average molecular weight is 502 g/mol. The number of carbonyl (C=O) groups is 4. The van der Waals surface area contributed by atoms with E-state index in [0.29, 0.717) is 30.0 Å². The van der Waals surface area contributed by atoms with Crippen molar-refractivity contribution in [2.24, 2.45) is 5.92 Å². The second kappa shape index (κ2) is 11.9. The third kappa shape index (κ3) is 6.72. The average Bonchev–Trinajstić information content (AvgIpc) is 3.26. The van der Waals surface area contributed by atoms with Crippen molar-refractivity contribution in [3.63, 3.8) is 0 Å². The van der Waals surface area contributed by atoms with Crippen molar-refractivity contribution in [1.82, 2.24) is 4.90 Å². The first-order valence-corrected chi connectivity index (χ1v) is 11.9. The molecule has 4 rings (SSSR count). The van der Waals surface area contributed by atoms with Gasteiger partial charge in [0.15, 0.2) is 0 Å².